The van der Waals surface area contributed by atoms with Crippen LogP contribution in [0.3, 0.4) is 0 Å². The maximum Gasteiger partial charge on any atom is 0.387 e. The summed E-state index contributed by atoms with van der Waals surface area (Å²) in [5.74, 6) is -0.435. The van der Waals surface area contributed by atoms with Crippen molar-refractivity contribution in [3.8, 4) is 5.75 Å². The number of hydrogen-bond donors (Lipinski definition) is 1. The third-order valence-corrected chi connectivity index (χ3v) is 3.85. The molecule has 0 saturated carbocycles. The van der Waals surface area contributed by atoms with Gasteiger partial charge in [0, 0.05) is 17.1 Å². The summed E-state index contributed by atoms with van der Waals surface area (Å²) in [6, 6.07) is 12.2. The smallest absolute Gasteiger partial charge is 0.387 e. The molecular weight excluding hydrogens is 327 g/mol. The summed E-state index contributed by atoms with van der Waals surface area (Å²) in [5.41, 5.74) is 0.175. The number of amides is 1. The fourth-order valence-electron chi connectivity index (χ4n) is 1.80. The summed E-state index contributed by atoms with van der Waals surface area (Å²) in [6.07, 6.45) is 0.113. The number of thioether (sulfide) groups is 1. The molecule has 0 bridgehead atoms. The van der Waals surface area contributed by atoms with Gasteiger partial charge in [0.15, 0.2) is 0 Å². The number of alkyl halides is 2. The third-order valence-electron chi connectivity index (χ3n) is 2.80. The van der Waals surface area contributed by atoms with Gasteiger partial charge in [-0.3, -0.25) is 4.79 Å². The van der Waals surface area contributed by atoms with E-state index < -0.39 is 6.61 Å². The van der Waals surface area contributed by atoms with Gasteiger partial charge in [-0.1, -0.05) is 24.3 Å². The van der Waals surface area contributed by atoms with Gasteiger partial charge in [0.2, 0.25) is 5.91 Å². The second-order valence-corrected chi connectivity index (χ2v) is 5.59. The normalized spacial score (nSPS) is 10.6. The molecule has 0 aliphatic rings. The Morgan fingerprint density at radius 1 is 1.13 bits per heavy atom. The lowest BCUT2D eigenvalue weighted by Crippen LogP contribution is -2.14. The van der Waals surface area contributed by atoms with Crippen molar-refractivity contribution in [3.05, 3.63) is 54.3 Å². The molecule has 0 unspecified atom stereocenters. The first kappa shape index (κ1) is 17.2. The first-order valence-corrected chi connectivity index (χ1v) is 7.76. The largest absolute Gasteiger partial charge is 0.433 e. The highest BCUT2D eigenvalue weighted by atomic mass is 32.2. The van der Waals surface area contributed by atoms with E-state index in [4.69, 9.17) is 0 Å². The van der Waals surface area contributed by atoms with Crippen molar-refractivity contribution in [2.75, 3.05) is 11.1 Å². The predicted octanol–water partition coefficient (Wildman–Crippen LogP) is 4.55. The fraction of sp³-hybridized carbons (Fsp3) is 0.188. The number of para-hydroxylation sites is 2. The van der Waals surface area contributed by atoms with E-state index in [1.807, 2.05) is 0 Å². The minimum absolute atomic E-state index is 0.0994. The zero-order chi connectivity index (χ0) is 16.7. The molecule has 0 saturated heterocycles. The van der Waals surface area contributed by atoms with E-state index in [0.29, 0.717) is 10.6 Å². The summed E-state index contributed by atoms with van der Waals surface area (Å²) < 4.78 is 42.3. The van der Waals surface area contributed by atoms with Gasteiger partial charge in [0.05, 0.1) is 5.69 Å². The molecule has 0 radical (unpaired) electrons. The van der Waals surface area contributed by atoms with Crippen LogP contribution in [0.5, 0.6) is 5.75 Å². The van der Waals surface area contributed by atoms with Crippen molar-refractivity contribution in [1.82, 2.24) is 0 Å². The Morgan fingerprint density at radius 3 is 2.57 bits per heavy atom. The average molecular weight is 341 g/mol. The number of carbonyl (C=O) groups is 1. The molecule has 2 aromatic carbocycles. The lowest BCUT2D eigenvalue weighted by Gasteiger charge is -2.11. The monoisotopic (exact) mass is 341 g/mol. The van der Waals surface area contributed by atoms with Gasteiger partial charge in [0.25, 0.3) is 0 Å². The Bertz CT molecular complexity index is 667. The third kappa shape index (κ3) is 5.52. The molecule has 0 aliphatic heterocycles. The Balaban J connectivity index is 1.87. The zero-order valence-electron chi connectivity index (χ0n) is 12.0. The van der Waals surface area contributed by atoms with E-state index in [2.05, 4.69) is 10.1 Å². The standard InChI is InChI=1S/C16H14F3NO2S/c17-11-5-1-4-8-14(11)23-10-9-15(21)20-12-6-2-3-7-13(12)22-16(18)19/h1-8,16H,9-10H2,(H,20,21). The number of nitrogens with one attached hydrogen (secondary N) is 1. The molecule has 7 heteroatoms. The molecule has 0 fully saturated rings. The van der Waals surface area contributed by atoms with Crippen LogP contribution < -0.4 is 10.1 Å². The lowest BCUT2D eigenvalue weighted by molar-refractivity contribution is -0.115. The highest BCUT2D eigenvalue weighted by Crippen LogP contribution is 2.26. The SMILES string of the molecule is O=C(CCSc1ccccc1F)Nc1ccccc1OC(F)F. The maximum absolute atomic E-state index is 13.4. The van der Waals surface area contributed by atoms with E-state index in [1.54, 1.807) is 24.3 Å². The molecule has 0 atom stereocenters. The van der Waals surface area contributed by atoms with E-state index in [9.17, 15) is 18.0 Å². The second-order valence-electron chi connectivity index (χ2n) is 4.45. The second kappa shape index (κ2) is 8.47. The van der Waals surface area contributed by atoms with Crippen LogP contribution >= 0.6 is 11.8 Å². The molecule has 0 aromatic heterocycles. The summed E-state index contributed by atoms with van der Waals surface area (Å²) in [4.78, 5) is 12.3. The number of benzene rings is 2. The van der Waals surface area contributed by atoms with E-state index in [0.717, 1.165) is 0 Å². The lowest BCUT2D eigenvalue weighted by atomic mass is 10.3. The van der Waals surface area contributed by atoms with E-state index in [1.165, 1.54) is 36.0 Å². The van der Waals surface area contributed by atoms with Gasteiger partial charge in [-0.05, 0) is 24.3 Å². The van der Waals surface area contributed by atoms with Crippen molar-refractivity contribution in [1.29, 1.82) is 0 Å². The minimum Gasteiger partial charge on any atom is -0.433 e. The first-order valence-electron chi connectivity index (χ1n) is 6.77. The Hall–Kier alpha value is -2.15. The Kier molecular flexibility index (Phi) is 6.34. The van der Waals surface area contributed by atoms with Crippen LogP contribution in [0, 0.1) is 5.82 Å². The highest BCUT2D eigenvalue weighted by Gasteiger charge is 2.11. The topological polar surface area (TPSA) is 38.3 Å². The molecule has 2 rings (SSSR count). The number of halogens is 3. The van der Waals surface area contributed by atoms with Crippen LogP contribution in [0.4, 0.5) is 18.9 Å². The minimum atomic E-state index is -2.97. The fourth-order valence-corrected chi connectivity index (χ4v) is 2.68. The number of hydrogen-bond acceptors (Lipinski definition) is 3. The summed E-state index contributed by atoms with van der Waals surface area (Å²) in [7, 11) is 0. The Morgan fingerprint density at radius 2 is 1.83 bits per heavy atom. The van der Waals surface area contributed by atoms with Gasteiger partial charge in [-0.25, -0.2) is 4.39 Å². The summed E-state index contributed by atoms with van der Waals surface area (Å²) >= 11 is 1.21. The molecule has 0 spiro atoms. The quantitative estimate of drug-likeness (QED) is 0.751. The van der Waals surface area contributed by atoms with Gasteiger partial charge in [-0.15, -0.1) is 11.8 Å². The molecule has 3 nitrogen and oxygen atoms in total. The summed E-state index contributed by atoms with van der Waals surface area (Å²) in [6.45, 7) is -2.97. The van der Waals surface area contributed by atoms with Crippen LogP contribution in [0.2, 0.25) is 0 Å². The number of rotatable bonds is 7. The maximum atomic E-state index is 13.4. The molecule has 0 heterocycles. The highest BCUT2D eigenvalue weighted by molar-refractivity contribution is 7.99. The Labute approximate surface area is 135 Å². The molecule has 0 aliphatic carbocycles. The molecule has 23 heavy (non-hydrogen) atoms. The molecule has 1 N–H and O–H groups in total. The molecule has 1 amide bonds. The van der Waals surface area contributed by atoms with Gasteiger partial charge in [0.1, 0.15) is 11.6 Å². The van der Waals surface area contributed by atoms with Crippen molar-refractivity contribution in [2.45, 2.75) is 17.9 Å². The summed E-state index contributed by atoms with van der Waals surface area (Å²) in [5, 5.41) is 2.51. The van der Waals surface area contributed by atoms with Crippen molar-refractivity contribution in [2.24, 2.45) is 0 Å². The van der Waals surface area contributed by atoms with Crippen molar-refractivity contribution < 1.29 is 22.7 Å². The van der Waals surface area contributed by atoms with Crippen LogP contribution in [-0.2, 0) is 4.79 Å². The van der Waals surface area contributed by atoms with Gasteiger partial charge >= 0.3 is 6.61 Å². The number of carbonyl (C=O) groups excluding carboxylic acids is 1. The molecule has 2 aromatic rings. The zero-order valence-corrected chi connectivity index (χ0v) is 12.8. The van der Waals surface area contributed by atoms with E-state index >= 15 is 0 Å². The molecular formula is C16H14F3NO2S. The van der Waals surface area contributed by atoms with Crippen LogP contribution in [0.25, 0.3) is 0 Å². The van der Waals surface area contributed by atoms with E-state index in [-0.39, 0.29) is 29.6 Å². The van der Waals surface area contributed by atoms with Gasteiger partial charge in [-0.2, -0.15) is 8.78 Å². The van der Waals surface area contributed by atoms with Crippen LogP contribution in [0.1, 0.15) is 6.42 Å². The van der Waals surface area contributed by atoms with Crippen molar-refractivity contribution in [3.63, 3.8) is 0 Å². The average Bonchev–Trinajstić information content (AvgIpc) is 2.51. The van der Waals surface area contributed by atoms with Gasteiger partial charge < -0.3 is 10.1 Å². The number of ether oxygens (including phenoxy) is 1. The molecule has 122 valence electrons. The number of anilines is 1. The first-order chi connectivity index (χ1) is 11.1. The van der Waals surface area contributed by atoms with Crippen molar-refractivity contribution >= 4 is 23.4 Å². The predicted molar refractivity (Wildman–Crippen MR) is 83.4 cm³/mol. The van der Waals surface area contributed by atoms with Crippen LogP contribution in [-0.4, -0.2) is 18.3 Å². The van der Waals surface area contributed by atoms with Crippen LogP contribution in [0.15, 0.2) is 53.4 Å².